The van der Waals surface area contributed by atoms with E-state index in [0.717, 1.165) is 29.0 Å². The third-order valence-corrected chi connectivity index (χ3v) is 3.74. The van der Waals surface area contributed by atoms with Crippen LogP contribution in [0.1, 0.15) is 30.4 Å². The first-order valence-electron chi connectivity index (χ1n) is 6.60. The van der Waals surface area contributed by atoms with Gasteiger partial charge >= 0.3 is 0 Å². The number of benzene rings is 2. The highest BCUT2D eigenvalue weighted by Crippen LogP contribution is 2.47. The average Bonchev–Trinajstić information content (AvgIpc) is 2.47. The van der Waals surface area contributed by atoms with Gasteiger partial charge in [0, 0.05) is 17.0 Å². The number of nitriles is 1. The predicted molar refractivity (Wildman–Crippen MR) is 74.2 cm³/mol. The summed E-state index contributed by atoms with van der Waals surface area (Å²) in [6.45, 7) is 2.06. The second-order valence-electron chi connectivity index (χ2n) is 4.80. The summed E-state index contributed by atoms with van der Waals surface area (Å²) in [7, 11) is 0. The fourth-order valence-corrected chi connectivity index (χ4v) is 2.78. The van der Waals surface area contributed by atoms with Gasteiger partial charge < -0.3 is 4.74 Å². The minimum atomic E-state index is -0.0220. The van der Waals surface area contributed by atoms with Gasteiger partial charge in [-0.15, -0.1) is 0 Å². The molecule has 2 heteroatoms. The zero-order chi connectivity index (χ0) is 13.2. The van der Waals surface area contributed by atoms with E-state index < -0.39 is 0 Å². The summed E-state index contributed by atoms with van der Waals surface area (Å²) in [5.41, 5.74) is 2.24. The third kappa shape index (κ3) is 1.88. The molecule has 0 saturated heterocycles. The second kappa shape index (κ2) is 4.78. The lowest BCUT2D eigenvalue weighted by atomic mass is 9.78. The molecule has 0 amide bonds. The van der Waals surface area contributed by atoms with E-state index in [1.54, 1.807) is 0 Å². The molecule has 94 valence electrons. The van der Waals surface area contributed by atoms with Crippen LogP contribution in [0, 0.1) is 17.2 Å². The Kier molecular flexibility index (Phi) is 2.97. The zero-order valence-corrected chi connectivity index (χ0v) is 10.8. The summed E-state index contributed by atoms with van der Waals surface area (Å²) in [5, 5.41) is 9.44. The molecule has 1 heterocycles. The van der Waals surface area contributed by atoms with Gasteiger partial charge in [0.05, 0.1) is 12.0 Å². The van der Waals surface area contributed by atoms with Crippen LogP contribution in [0.4, 0.5) is 0 Å². The Labute approximate surface area is 113 Å². The van der Waals surface area contributed by atoms with Crippen molar-refractivity contribution in [2.24, 2.45) is 5.92 Å². The van der Waals surface area contributed by atoms with Gasteiger partial charge in [-0.2, -0.15) is 5.26 Å². The summed E-state index contributed by atoms with van der Waals surface area (Å²) in [4.78, 5) is 0. The third-order valence-electron chi connectivity index (χ3n) is 3.74. The van der Waals surface area contributed by atoms with Crippen molar-refractivity contribution in [2.45, 2.75) is 19.3 Å². The number of nitrogens with zero attached hydrogens (tertiary/aromatic N) is 1. The SMILES string of the molecule is CCC(C#N)C1c2ccccc2Oc2ccccc21. The Bertz CT molecular complexity index is 596. The van der Waals surface area contributed by atoms with Gasteiger partial charge in [-0.3, -0.25) is 0 Å². The monoisotopic (exact) mass is 249 g/mol. The quantitative estimate of drug-likeness (QED) is 0.786. The maximum atomic E-state index is 9.44. The molecule has 19 heavy (non-hydrogen) atoms. The van der Waals surface area contributed by atoms with E-state index in [9.17, 15) is 5.26 Å². The van der Waals surface area contributed by atoms with Gasteiger partial charge in [-0.25, -0.2) is 0 Å². The molecule has 2 aromatic carbocycles. The number of hydrogen-bond donors (Lipinski definition) is 0. The van der Waals surface area contributed by atoms with Crippen molar-refractivity contribution >= 4 is 0 Å². The average molecular weight is 249 g/mol. The smallest absolute Gasteiger partial charge is 0.131 e. The molecule has 0 bridgehead atoms. The van der Waals surface area contributed by atoms with Crippen LogP contribution in [0.5, 0.6) is 11.5 Å². The van der Waals surface area contributed by atoms with Crippen LogP contribution in [0.25, 0.3) is 0 Å². The van der Waals surface area contributed by atoms with Crippen molar-refractivity contribution in [2.75, 3.05) is 0 Å². The van der Waals surface area contributed by atoms with Gasteiger partial charge in [0.25, 0.3) is 0 Å². The molecule has 0 N–H and O–H groups in total. The highest BCUT2D eigenvalue weighted by Gasteiger charge is 2.32. The Morgan fingerprint density at radius 1 is 1.05 bits per heavy atom. The van der Waals surface area contributed by atoms with Crippen molar-refractivity contribution in [1.29, 1.82) is 5.26 Å². The van der Waals surface area contributed by atoms with Crippen molar-refractivity contribution in [3.8, 4) is 17.6 Å². The van der Waals surface area contributed by atoms with E-state index in [-0.39, 0.29) is 11.8 Å². The number of fused-ring (bicyclic) bond motifs is 2. The summed E-state index contributed by atoms with van der Waals surface area (Å²) < 4.78 is 5.94. The molecule has 0 aliphatic carbocycles. The number of para-hydroxylation sites is 2. The molecule has 1 unspecified atom stereocenters. The van der Waals surface area contributed by atoms with E-state index >= 15 is 0 Å². The van der Waals surface area contributed by atoms with Crippen LogP contribution in [0.2, 0.25) is 0 Å². The molecule has 0 spiro atoms. The number of hydrogen-bond acceptors (Lipinski definition) is 2. The first-order valence-corrected chi connectivity index (χ1v) is 6.60. The molecule has 0 aromatic heterocycles. The molecule has 0 radical (unpaired) electrons. The van der Waals surface area contributed by atoms with E-state index in [0.29, 0.717) is 0 Å². The van der Waals surface area contributed by atoms with E-state index in [1.807, 2.05) is 36.4 Å². The van der Waals surface area contributed by atoms with Gasteiger partial charge in [0.15, 0.2) is 0 Å². The predicted octanol–water partition coefficient (Wildman–Crippen LogP) is 4.47. The summed E-state index contributed by atoms with van der Waals surface area (Å²) >= 11 is 0. The van der Waals surface area contributed by atoms with Gasteiger partial charge in [0.1, 0.15) is 11.5 Å². The fourth-order valence-electron chi connectivity index (χ4n) is 2.78. The first kappa shape index (κ1) is 11.8. The van der Waals surface area contributed by atoms with E-state index in [1.165, 1.54) is 0 Å². The molecule has 2 nitrogen and oxygen atoms in total. The van der Waals surface area contributed by atoms with Crippen molar-refractivity contribution in [1.82, 2.24) is 0 Å². The lowest BCUT2D eigenvalue weighted by Crippen LogP contribution is -2.17. The molecule has 1 atom stereocenters. The molecule has 1 aliphatic rings. The Morgan fingerprint density at radius 2 is 1.58 bits per heavy atom. The molecular formula is C17H15NO. The standard InChI is InChI=1S/C17H15NO/c1-2-12(11-18)17-13-7-3-5-9-15(13)19-16-10-6-4-8-14(16)17/h3-10,12,17H,2H2,1H3. The fraction of sp³-hybridized carbons (Fsp3) is 0.235. The van der Waals surface area contributed by atoms with Crippen LogP contribution in [0.15, 0.2) is 48.5 Å². The van der Waals surface area contributed by atoms with Crippen molar-refractivity contribution in [3.63, 3.8) is 0 Å². The Morgan fingerprint density at radius 3 is 2.05 bits per heavy atom. The zero-order valence-electron chi connectivity index (χ0n) is 10.8. The number of ether oxygens (including phenoxy) is 1. The molecule has 2 aromatic rings. The first-order chi connectivity index (χ1) is 9.35. The molecule has 3 rings (SSSR count). The summed E-state index contributed by atoms with van der Waals surface area (Å²) in [5.74, 6) is 1.84. The van der Waals surface area contributed by atoms with Gasteiger partial charge in [-0.05, 0) is 18.6 Å². The lowest BCUT2D eigenvalue weighted by molar-refractivity contribution is 0.422. The van der Waals surface area contributed by atoms with E-state index in [4.69, 9.17) is 4.74 Å². The molecule has 0 saturated carbocycles. The summed E-state index contributed by atoms with van der Waals surface area (Å²) in [6.07, 6.45) is 0.837. The summed E-state index contributed by atoms with van der Waals surface area (Å²) in [6, 6.07) is 18.5. The number of rotatable bonds is 2. The van der Waals surface area contributed by atoms with Crippen molar-refractivity contribution < 1.29 is 4.74 Å². The largest absolute Gasteiger partial charge is 0.457 e. The van der Waals surface area contributed by atoms with Crippen LogP contribution in [-0.4, -0.2) is 0 Å². The lowest BCUT2D eigenvalue weighted by Gasteiger charge is -2.30. The second-order valence-corrected chi connectivity index (χ2v) is 4.80. The molecule has 1 aliphatic heterocycles. The highest BCUT2D eigenvalue weighted by molar-refractivity contribution is 5.54. The van der Waals surface area contributed by atoms with Gasteiger partial charge in [0.2, 0.25) is 0 Å². The Hall–Kier alpha value is -2.27. The minimum Gasteiger partial charge on any atom is -0.457 e. The van der Waals surface area contributed by atoms with E-state index in [2.05, 4.69) is 25.1 Å². The van der Waals surface area contributed by atoms with Crippen LogP contribution < -0.4 is 4.74 Å². The maximum absolute atomic E-state index is 9.44. The normalized spacial score (nSPS) is 14.7. The maximum Gasteiger partial charge on any atom is 0.131 e. The molecule has 0 fully saturated rings. The molecular weight excluding hydrogens is 234 g/mol. The Balaban J connectivity index is 2.19. The highest BCUT2D eigenvalue weighted by atomic mass is 16.5. The van der Waals surface area contributed by atoms with Gasteiger partial charge in [-0.1, -0.05) is 43.3 Å². The minimum absolute atomic E-state index is 0.0220. The van der Waals surface area contributed by atoms with Crippen molar-refractivity contribution in [3.05, 3.63) is 59.7 Å². The van der Waals surface area contributed by atoms with Crippen LogP contribution in [-0.2, 0) is 0 Å². The van der Waals surface area contributed by atoms with Crippen LogP contribution >= 0.6 is 0 Å². The topological polar surface area (TPSA) is 33.0 Å². The van der Waals surface area contributed by atoms with Crippen LogP contribution in [0.3, 0.4) is 0 Å².